The third kappa shape index (κ3) is 4.80. The van der Waals surface area contributed by atoms with Gasteiger partial charge in [0, 0.05) is 19.0 Å². The molecule has 20 heavy (non-hydrogen) atoms. The van der Waals surface area contributed by atoms with Crippen molar-refractivity contribution in [1.29, 1.82) is 0 Å². The van der Waals surface area contributed by atoms with Crippen LogP contribution in [0.1, 0.15) is 20.3 Å². The largest absolute Gasteiger partial charge is 0.354 e. The number of para-hydroxylation sites is 1. The van der Waals surface area contributed by atoms with E-state index < -0.39 is 10.0 Å². The fourth-order valence-electron chi connectivity index (χ4n) is 1.59. The van der Waals surface area contributed by atoms with Crippen molar-refractivity contribution < 1.29 is 13.2 Å². The molecule has 0 bridgehead atoms. The summed E-state index contributed by atoms with van der Waals surface area (Å²) in [5.41, 5.74) is 2.63. The fourth-order valence-corrected chi connectivity index (χ4v) is 2.79. The molecule has 8 heteroatoms. The smallest absolute Gasteiger partial charge is 0.242 e. The van der Waals surface area contributed by atoms with Crippen LogP contribution in [0.15, 0.2) is 29.2 Å². The van der Waals surface area contributed by atoms with Crippen LogP contribution in [0.25, 0.3) is 0 Å². The summed E-state index contributed by atoms with van der Waals surface area (Å²) < 4.78 is 26.5. The number of hydrogen-bond acceptors (Lipinski definition) is 5. The quantitative estimate of drug-likeness (QED) is 0.423. The number of amides is 1. The lowest BCUT2D eigenvalue weighted by molar-refractivity contribution is -0.121. The van der Waals surface area contributed by atoms with E-state index in [1.807, 2.05) is 13.8 Å². The topological polar surface area (TPSA) is 113 Å². The van der Waals surface area contributed by atoms with Gasteiger partial charge in [-0.05, 0) is 26.0 Å². The predicted molar refractivity (Wildman–Crippen MR) is 77.3 cm³/mol. The number of benzene rings is 1. The van der Waals surface area contributed by atoms with Gasteiger partial charge in [-0.1, -0.05) is 12.1 Å². The Morgan fingerprint density at radius 3 is 2.55 bits per heavy atom. The van der Waals surface area contributed by atoms with Gasteiger partial charge in [-0.15, -0.1) is 0 Å². The minimum atomic E-state index is -3.70. The van der Waals surface area contributed by atoms with Crippen molar-refractivity contribution in [1.82, 2.24) is 10.0 Å². The summed E-state index contributed by atoms with van der Waals surface area (Å²) in [4.78, 5) is 11.5. The summed E-state index contributed by atoms with van der Waals surface area (Å²) in [6.07, 6.45) is 0.0790. The molecule has 5 N–H and O–H groups in total. The van der Waals surface area contributed by atoms with Crippen molar-refractivity contribution in [3.8, 4) is 0 Å². The van der Waals surface area contributed by atoms with E-state index in [2.05, 4.69) is 15.5 Å². The van der Waals surface area contributed by atoms with Gasteiger partial charge in [0.05, 0.1) is 5.69 Å². The first-order chi connectivity index (χ1) is 9.36. The Labute approximate surface area is 119 Å². The van der Waals surface area contributed by atoms with Gasteiger partial charge in [-0.2, -0.15) is 0 Å². The Hall–Kier alpha value is -1.64. The van der Waals surface area contributed by atoms with Crippen LogP contribution >= 0.6 is 0 Å². The lowest BCUT2D eigenvalue weighted by atomic mass is 10.3. The lowest BCUT2D eigenvalue weighted by Gasteiger charge is -2.11. The van der Waals surface area contributed by atoms with Gasteiger partial charge >= 0.3 is 0 Å². The van der Waals surface area contributed by atoms with Crippen molar-refractivity contribution in [2.24, 2.45) is 5.84 Å². The molecule has 7 nitrogen and oxygen atoms in total. The summed E-state index contributed by atoms with van der Waals surface area (Å²) >= 11 is 0. The second-order valence-electron chi connectivity index (χ2n) is 4.51. The van der Waals surface area contributed by atoms with Crippen LogP contribution in [-0.4, -0.2) is 26.9 Å². The number of nitrogens with two attached hydrogens (primary N) is 1. The molecule has 0 heterocycles. The first-order valence-corrected chi connectivity index (χ1v) is 7.70. The molecule has 0 atom stereocenters. The molecular formula is C12H20N4O3S. The van der Waals surface area contributed by atoms with Crippen LogP contribution in [0.5, 0.6) is 0 Å². The van der Waals surface area contributed by atoms with Gasteiger partial charge in [0.1, 0.15) is 4.90 Å². The average Bonchev–Trinajstić information content (AvgIpc) is 2.37. The van der Waals surface area contributed by atoms with E-state index in [0.717, 1.165) is 0 Å². The number of carbonyl (C=O) groups is 1. The summed E-state index contributed by atoms with van der Waals surface area (Å²) in [7, 11) is -3.70. The Balaban J connectivity index is 2.65. The van der Waals surface area contributed by atoms with Gasteiger partial charge in [0.25, 0.3) is 0 Å². The summed E-state index contributed by atoms with van der Waals surface area (Å²) in [5, 5.41) is 2.69. The van der Waals surface area contributed by atoms with E-state index in [-0.39, 0.29) is 29.8 Å². The van der Waals surface area contributed by atoms with Gasteiger partial charge in [0.2, 0.25) is 15.9 Å². The molecule has 0 unspecified atom stereocenters. The van der Waals surface area contributed by atoms with Crippen LogP contribution in [0.2, 0.25) is 0 Å². The standard InChI is InChI=1S/C12H20N4O3S/c1-9(2)15-12(17)7-8-14-20(18,19)11-6-4-3-5-10(11)16-13/h3-6,9,14,16H,7-8,13H2,1-2H3,(H,15,17). The first kappa shape index (κ1) is 16.4. The normalized spacial score (nSPS) is 11.4. The molecule has 0 fully saturated rings. The Kier molecular flexibility index (Phi) is 5.93. The number of carbonyl (C=O) groups excluding carboxylic acids is 1. The van der Waals surface area contributed by atoms with Gasteiger partial charge in [0.15, 0.2) is 0 Å². The highest BCUT2D eigenvalue weighted by Crippen LogP contribution is 2.19. The van der Waals surface area contributed by atoms with E-state index in [1.165, 1.54) is 6.07 Å². The zero-order valence-electron chi connectivity index (χ0n) is 11.5. The molecular weight excluding hydrogens is 280 g/mol. The number of sulfonamides is 1. The maximum Gasteiger partial charge on any atom is 0.242 e. The van der Waals surface area contributed by atoms with Crippen LogP contribution in [0.3, 0.4) is 0 Å². The van der Waals surface area contributed by atoms with Crippen molar-refractivity contribution in [2.75, 3.05) is 12.0 Å². The number of hydrazine groups is 1. The van der Waals surface area contributed by atoms with Crippen molar-refractivity contribution in [2.45, 2.75) is 31.2 Å². The van der Waals surface area contributed by atoms with Gasteiger partial charge in [-0.3, -0.25) is 10.6 Å². The second-order valence-corrected chi connectivity index (χ2v) is 6.25. The molecule has 1 aromatic rings. The first-order valence-electron chi connectivity index (χ1n) is 6.21. The number of anilines is 1. The molecule has 0 aliphatic rings. The van der Waals surface area contributed by atoms with Crippen LogP contribution in [0, 0.1) is 0 Å². The molecule has 112 valence electrons. The molecule has 0 aromatic heterocycles. The van der Waals surface area contributed by atoms with Crippen molar-refractivity contribution in [3.05, 3.63) is 24.3 Å². The monoisotopic (exact) mass is 300 g/mol. The maximum absolute atomic E-state index is 12.1. The molecule has 1 rings (SSSR count). The fraction of sp³-hybridized carbons (Fsp3) is 0.417. The Morgan fingerprint density at radius 2 is 1.95 bits per heavy atom. The highest BCUT2D eigenvalue weighted by atomic mass is 32.2. The van der Waals surface area contributed by atoms with Crippen molar-refractivity contribution in [3.63, 3.8) is 0 Å². The SMILES string of the molecule is CC(C)NC(=O)CCNS(=O)(=O)c1ccccc1NN. The number of nitrogens with one attached hydrogen (secondary N) is 3. The molecule has 0 saturated heterocycles. The molecule has 0 aliphatic carbocycles. The Bertz CT molecular complexity index is 558. The van der Waals surface area contributed by atoms with E-state index in [1.54, 1.807) is 18.2 Å². The number of nitrogen functional groups attached to an aromatic ring is 1. The lowest BCUT2D eigenvalue weighted by Crippen LogP contribution is -2.34. The Morgan fingerprint density at radius 1 is 1.30 bits per heavy atom. The minimum absolute atomic E-state index is 0.0276. The third-order valence-corrected chi connectivity index (χ3v) is 3.95. The van der Waals surface area contributed by atoms with E-state index in [0.29, 0.717) is 5.69 Å². The van der Waals surface area contributed by atoms with Crippen molar-refractivity contribution >= 4 is 21.6 Å². The van der Waals surface area contributed by atoms with Crippen LogP contribution in [0.4, 0.5) is 5.69 Å². The molecule has 0 saturated carbocycles. The highest BCUT2D eigenvalue weighted by Gasteiger charge is 2.17. The molecule has 1 amide bonds. The van der Waals surface area contributed by atoms with E-state index in [9.17, 15) is 13.2 Å². The summed E-state index contributed by atoms with van der Waals surface area (Å²) in [5.74, 6) is 5.07. The third-order valence-electron chi connectivity index (χ3n) is 2.43. The van der Waals surface area contributed by atoms with Gasteiger partial charge < -0.3 is 10.7 Å². The number of rotatable bonds is 7. The highest BCUT2D eigenvalue weighted by molar-refractivity contribution is 7.89. The van der Waals surface area contributed by atoms with E-state index >= 15 is 0 Å². The zero-order valence-corrected chi connectivity index (χ0v) is 12.3. The van der Waals surface area contributed by atoms with Crippen LogP contribution in [-0.2, 0) is 14.8 Å². The van der Waals surface area contributed by atoms with Gasteiger partial charge in [-0.25, -0.2) is 13.1 Å². The second kappa shape index (κ2) is 7.22. The number of hydrogen-bond donors (Lipinski definition) is 4. The van der Waals surface area contributed by atoms with Crippen LogP contribution < -0.4 is 21.3 Å². The average molecular weight is 300 g/mol. The minimum Gasteiger partial charge on any atom is -0.354 e. The molecule has 0 aliphatic heterocycles. The molecule has 0 spiro atoms. The summed E-state index contributed by atoms with van der Waals surface area (Å²) in [6, 6.07) is 6.29. The summed E-state index contributed by atoms with van der Waals surface area (Å²) in [6.45, 7) is 3.70. The zero-order chi connectivity index (χ0) is 15.2. The predicted octanol–water partition coefficient (Wildman–Crippen LogP) is 0.165. The molecule has 0 radical (unpaired) electrons. The van der Waals surface area contributed by atoms with E-state index in [4.69, 9.17) is 5.84 Å². The maximum atomic E-state index is 12.1. The molecule has 1 aromatic carbocycles.